The first-order valence-electron chi connectivity index (χ1n) is 7.29. The molecule has 0 saturated heterocycles. The highest BCUT2D eigenvalue weighted by Gasteiger charge is 2.21. The van der Waals surface area contributed by atoms with Crippen LogP contribution >= 0.6 is 0 Å². The molecule has 0 aliphatic rings. The number of ether oxygens (including phenoxy) is 1. The first-order valence-corrected chi connectivity index (χ1v) is 7.29. The minimum atomic E-state index is -1.15. The summed E-state index contributed by atoms with van der Waals surface area (Å²) in [6.07, 6.45) is -1.20. The van der Waals surface area contributed by atoms with Gasteiger partial charge < -0.3 is 9.84 Å². The molecule has 23 heavy (non-hydrogen) atoms. The molecule has 0 aliphatic heterocycles. The van der Waals surface area contributed by atoms with E-state index < -0.39 is 29.6 Å². The lowest BCUT2D eigenvalue weighted by atomic mass is 9.94. The SMILES string of the molecule is C[C@@H](CC(=O)OCc1ccccc1)C(O)c1cc(F)cc(F)c1. The molecule has 2 atom stereocenters. The summed E-state index contributed by atoms with van der Waals surface area (Å²) in [5.41, 5.74) is 0.965. The van der Waals surface area contributed by atoms with Crippen LogP contribution in [0.5, 0.6) is 0 Å². The molecule has 0 amide bonds. The average Bonchev–Trinajstić information content (AvgIpc) is 2.52. The van der Waals surface area contributed by atoms with Gasteiger partial charge in [0.15, 0.2) is 0 Å². The van der Waals surface area contributed by atoms with E-state index in [-0.39, 0.29) is 18.6 Å². The molecule has 2 aromatic carbocycles. The van der Waals surface area contributed by atoms with Crippen molar-refractivity contribution in [2.24, 2.45) is 5.92 Å². The molecule has 0 aromatic heterocycles. The second-order valence-electron chi connectivity index (χ2n) is 5.48. The fourth-order valence-corrected chi connectivity index (χ4v) is 2.25. The second-order valence-corrected chi connectivity index (χ2v) is 5.48. The fourth-order valence-electron chi connectivity index (χ4n) is 2.25. The Morgan fingerprint density at radius 3 is 2.35 bits per heavy atom. The van der Waals surface area contributed by atoms with Gasteiger partial charge in [0.05, 0.1) is 12.5 Å². The third-order valence-electron chi connectivity index (χ3n) is 3.50. The topological polar surface area (TPSA) is 46.5 Å². The monoisotopic (exact) mass is 320 g/mol. The van der Waals surface area contributed by atoms with E-state index in [0.29, 0.717) is 0 Å². The number of hydrogen-bond acceptors (Lipinski definition) is 3. The van der Waals surface area contributed by atoms with E-state index in [1.807, 2.05) is 30.3 Å². The van der Waals surface area contributed by atoms with Crippen molar-refractivity contribution < 1.29 is 23.4 Å². The summed E-state index contributed by atoms with van der Waals surface area (Å²) in [4.78, 5) is 11.8. The summed E-state index contributed by atoms with van der Waals surface area (Å²) in [5, 5.41) is 10.1. The van der Waals surface area contributed by atoms with Crippen molar-refractivity contribution in [2.75, 3.05) is 0 Å². The van der Waals surface area contributed by atoms with Crippen molar-refractivity contribution in [3.8, 4) is 0 Å². The summed E-state index contributed by atoms with van der Waals surface area (Å²) >= 11 is 0. The minimum absolute atomic E-state index is 0.0495. The molecule has 0 radical (unpaired) electrons. The van der Waals surface area contributed by atoms with Gasteiger partial charge in [0, 0.05) is 6.07 Å². The van der Waals surface area contributed by atoms with Crippen LogP contribution in [0.2, 0.25) is 0 Å². The summed E-state index contributed by atoms with van der Waals surface area (Å²) in [6, 6.07) is 12.1. The van der Waals surface area contributed by atoms with Crippen LogP contribution in [0.15, 0.2) is 48.5 Å². The molecule has 0 saturated carbocycles. The van der Waals surface area contributed by atoms with Gasteiger partial charge in [-0.05, 0) is 29.2 Å². The standard InChI is InChI=1S/C18H18F2O3/c1-12(18(22)14-8-15(19)10-16(20)9-14)7-17(21)23-11-13-5-3-2-4-6-13/h2-6,8-10,12,18,22H,7,11H2,1H3/t12-,18?/m0/s1. The maximum Gasteiger partial charge on any atom is 0.306 e. The van der Waals surface area contributed by atoms with Crippen molar-refractivity contribution in [1.82, 2.24) is 0 Å². The normalized spacial score (nSPS) is 13.4. The molecule has 3 nitrogen and oxygen atoms in total. The third-order valence-corrected chi connectivity index (χ3v) is 3.50. The van der Waals surface area contributed by atoms with Gasteiger partial charge in [0.25, 0.3) is 0 Å². The van der Waals surface area contributed by atoms with E-state index in [0.717, 1.165) is 23.8 Å². The number of carbonyl (C=O) groups excluding carboxylic acids is 1. The highest BCUT2D eigenvalue weighted by Crippen LogP contribution is 2.26. The molecular weight excluding hydrogens is 302 g/mol. The Labute approximate surface area is 133 Å². The molecule has 1 N–H and O–H groups in total. The third kappa shape index (κ3) is 5.14. The largest absolute Gasteiger partial charge is 0.461 e. The molecule has 2 rings (SSSR count). The molecule has 2 aromatic rings. The zero-order valence-electron chi connectivity index (χ0n) is 12.7. The smallest absolute Gasteiger partial charge is 0.306 e. The van der Waals surface area contributed by atoms with Crippen molar-refractivity contribution in [3.05, 3.63) is 71.3 Å². The van der Waals surface area contributed by atoms with E-state index in [4.69, 9.17) is 4.74 Å². The van der Waals surface area contributed by atoms with Crippen molar-refractivity contribution in [2.45, 2.75) is 26.1 Å². The maximum absolute atomic E-state index is 13.2. The number of benzene rings is 2. The lowest BCUT2D eigenvalue weighted by molar-refractivity contribution is -0.147. The second kappa shape index (κ2) is 7.83. The number of aliphatic hydroxyl groups is 1. The summed E-state index contributed by atoms with van der Waals surface area (Å²) in [7, 11) is 0. The fraction of sp³-hybridized carbons (Fsp3) is 0.278. The van der Waals surface area contributed by atoms with Gasteiger partial charge in [0.2, 0.25) is 0 Å². The van der Waals surface area contributed by atoms with Crippen LogP contribution < -0.4 is 0 Å². The van der Waals surface area contributed by atoms with Crippen molar-refractivity contribution >= 4 is 5.97 Å². The first kappa shape index (κ1) is 17.1. The Bertz CT molecular complexity index is 638. The minimum Gasteiger partial charge on any atom is -0.461 e. The summed E-state index contributed by atoms with van der Waals surface area (Å²) in [5.74, 6) is -2.53. The van der Waals surface area contributed by atoms with Gasteiger partial charge in [-0.25, -0.2) is 8.78 Å². The van der Waals surface area contributed by atoms with Gasteiger partial charge in [-0.15, -0.1) is 0 Å². The Kier molecular flexibility index (Phi) is 5.82. The quantitative estimate of drug-likeness (QED) is 0.824. The summed E-state index contributed by atoms with van der Waals surface area (Å²) < 4.78 is 31.5. The van der Waals surface area contributed by atoms with Crippen LogP contribution in [-0.4, -0.2) is 11.1 Å². The number of esters is 1. The predicted octanol–water partition coefficient (Wildman–Crippen LogP) is 3.77. The van der Waals surface area contributed by atoms with E-state index in [9.17, 15) is 18.7 Å². The molecule has 122 valence electrons. The summed E-state index contributed by atoms with van der Waals surface area (Å²) in [6.45, 7) is 1.77. The molecule has 0 aliphatic carbocycles. The number of aliphatic hydroxyl groups excluding tert-OH is 1. The van der Waals surface area contributed by atoms with Crippen LogP contribution in [0, 0.1) is 17.6 Å². The van der Waals surface area contributed by atoms with Crippen molar-refractivity contribution in [3.63, 3.8) is 0 Å². The molecule has 5 heteroatoms. The Morgan fingerprint density at radius 2 is 1.74 bits per heavy atom. The molecule has 0 bridgehead atoms. The van der Waals surface area contributed by atoms with Gasteiger partial charge >= 0.3 is 5.97 Å². The molecule has 0 fully saturated rings. The average molecular weight is 320 g/mol. The lowest BCUT2D eigenvalue weighted by Crippen LogP contribution is -2.16. The van der Waals surface area contributed by atoms with Gasteiger partial charge in [-0.3, -0.25) is 4.79 Å². The Morgan fingerprint density at radius 1 is 1.13 bits per heavy atom. The van der Waals surface area contributed by atoms with Crippen LogP contribution in [0.1, 0.15) is 30.6 Å². The first-order chi connectivity index (χ1) is 11.0. The molecule has 0 heterocycles. The number of carbonyl (C=O) groups is 1. The van der Waals surface area contributed by atoms with E-state index in [2.05, 4.69) is 0 Å². The molecule has 1 unspecified atom stereocenters. The zero-order valence-corrected chi connectivity index (χ0v) is 12.7. The molecular formula is C18H18F2O3. The van der Waals surface area contributed by atoms with E-state index in [1.54, 1.807) is 6.92 Å². The van der Waals surface area contributed by atoms with Gasteiger partial charge in [0.1, 0.15) is 18.2 Å². The Hall–Kier alpha value is -2.27. The van der Waals surface area contributed by atoms with Crippen molar-refractivity contribution in [1.29, 1.82) is 0 Å². The zero-order chi connectivity index (χ0) is 16.8. The number of hydrogen-bond donors (Lipinski definition) is 1. The lowest BCUT2D eigenvalue weighted by Gasteiger charge is -2.18. The van der Waals surface area contributed by atoms with Crippen LogP contribution in [-0.2, 0) is 16.1 Å². The maximum atomic E-state index is 13.2. The highest BCUT2D eigenvalue weighted by atomic mass is 19.1. The van der Waals surface area contributed by atoms with Gasteiger partial charge in [-0.1, -0.05) is 37.3 Å². The highest BCUT2D eigenvalue weighted by molar-refractivity contribution is 5.69. The van der Waals surface area contributed by atoms with E-state index >= 15 is 0 Å². The van der Waals surface area contributed by atoms with Crippen LogP contribution in [0.4, 0.5) is 8.78 Å². The van der Waals surface area contributed by atoms with Crippen LogP contribution in [0.3, 0.4) is 0 Å². The molecule has 0 spiro atoms. The van der Waals surface area contributed by atoms with Crippen LogP contribution in [0.25, 0.3) is 0 Å². The number of halogens is 2. The number of rotatable bonds is 6. The van der Waals surface area contributed by atoms with E-state index in [1.165, 1.54) is 0 Å². The predicted molar refractivity (Wildman–Crippen MR) is 81.3 cm³/mol. The Balaban J connectivity index is 1.89. The van der Waals surface area contributed by atoms with Gasteiger partial charge in [-0.2, -0.15) is 0 Å².